The number of hydrogen-bond acceptors (Lipinski definition) is 1. The molecule has 7 heavy (non-hydrogen) atoms. The monoisotopic (exact) mass is 98.1 g/mol. The second-order valence-corrected chi connectivity index (χ2v) is 2.11. The molecule has 0 saturated heterocycles. The van der Waals surface area contributed by atoms with Gasteiger partial charge in [-0.15, -0.1) is 0 Å². The van der Waals surface area contributed by atoms with Crippen LogP contribution in [-0.2, 0) is 0 Å². The lowest BCUT2D eigenvalue weighted by atomic mass is 10.1. The van der Waals surface area contributed by atoms with E-state index in [1.165, 1.54) is 0 Å². The van der Waals surface area contributed by atoms with Crippen LogP contribution in [-0.4, -0.2) is 5.11 Å². The highest BCUT2D eigenvalue weighted by Gasteiger charge is 2.10. The summed E-state index contributed by atoms with van der Waals surface area (Å²) >= 11 is 0. The Morgan fingerprint density at radius 1 is 1.86 bits per heavy atom. The summed E-state index contributed by atoms with van der Waals surface area (Å²) in [6, 6.07) is 0. The summed E-state index contributed by atoms with van der Waals surface area (Å²) in [5.74, 6) is 1.01. The van der Waals surface area contributed by atoms with Gasteiger partial charge in [-0.1, -0.05) is 6.92 Å². The molecule has 1 unspecified atom stereocenters. The zero-order valence-corrected chi connectivity index (χ0v) is 4.52. The number of aliphatic hydroxyl groups excluding tert-OH is 1. The highest BCUT2D eigenvalue weighted by Crippen LogP contribution is 2.21. The normalized spacial score (nSPS) is 30.4. The van der Waals surface area contributed by atoms with E-state index >= 15 is 0 Å². The van der Waals surface area contributed by atoms with Crippen molar-refractivity contribution in [2.45, 2.75) is 19.8 Å². The van der Waals surface area contributed by atoms with Gasteiger partial charge >= 0.3 is 0 Å². The van der Waals surface area contributed by atoms with Crippen LogP contribution in [0.25, 0.3) is 0 Å². The summed E-state index contributed by atoms with van der Waals surface area (Å²) in [6.45, 7) is 2.04. The van der Waals surface area contributed by atoms with E-state index in [0.717, 1.165) is 12.8 Å². The van der Waals surface area contributed by atoms with Crippen molar-refractivity contribution in [2.24, 2.45) is 5.92 Å². The first-order valence-corrected chi connectivity index (χ1v) is 2.69. The fourth-order valence-corrected chi connectivity index (χ4v) is 0.830. The standard InChI is InChI=1S/C6H10O/c1-5-3-2-4-6(5)7/h4-5,7H,2-3H2,1H3. The second kappa shape index (κ2) is 1.57. The lowest BCUT2D eigenvalue weighted by Gasteiger charge is -1.97. The van der Waals surface area contributed by atoms with Crippen molar-refractivity contribution in [3.05, 3.63) is 11.8 Å². The van der Waals surface area contributed by atoms with E-state index in [4.69, 9.17) is 5.11 Å². The number of hydrogen-bond donors (Lipinski definition) is 1. The van der Waals surface area contributed by atoms with Gasteiger partial charge in [0.1, 0.15) is 0 Å². The molecule has 0 bridgehead atoms. The molecule has 0 aromatic carbocycles. The van der Waals surface area contributed by atoms with Crippen LogP contribution in [0.3, 0.4) is 0 Å². The lowest BCUT2D eigenvalue weighted by molar-refractivity contribution is 0.351. The van der Waals surface area contributed by atoms with Gasteiger partial charge in [-0.2, -0.15) is 0 Å². The third kappa shape index (κ3) is 0.763. The third-order valence-corrected chi connectivity index (χ3v) is 1.46. The molecule has 0 spiro atoms. The first-order valence-electron chi connectivity index (χ1n) is 2.69. The predicted octanol–water partition coefficient (Wildman–Crippen LogP) is 1.86. The van der Waals surface area contributed by atoms with Crippen LogP contribution >= 0.6 is 0 Å². The fourth-order valence-electron chi connectivity index (χ4n) is 0.830. The molecule has 0 aromatic rings. The Morgan fingerprint density at radius 3 is 2.71 bits per heavy atom. The van der Waals surface area contributed by atoms with Gasteiger partial charge in [-0.25, -0.2) is 0 Å². The Balaban J connectivity index is 2.54. The summed E-state index contributed by atoms with van der Waals surface area (Å²) < 4.78 is 0. The molecule has 0 amide bonds. The van der Waals surface area contributed by atoms with Crippen molar-refractivity contribution in [3.8, 4) is 0 Å². The van der Waals surface area contributed by atoms with Gasteiger partial charge in [-0.05, 0) is 18.9 Å². The molecular formula is C6H10O. The van der Waals surface area contributed by atoms with Crippen molar-refractivity contribution in [3.63, 3.8) is 0 Å². The van der Waals surface area contributed by atoms with Crippen molar-refractivity contribution >= 4 is 0 Å². The van der Waals surface area contributed by atoms with Crippen molar-refractivity contribution < 1.29 is 5.11 Å². The molecule has 1 nitrogen and oxygen atoms in total. The van der Waals surface area contributed by atoms with Crippen LogP contribution in [0.1, 0.15) is 19.8 Å². The van der Waals surface area contributed by atoms with Crippen LogP contribution in [0.4, 0.5) is 0 Å². The Hall–Kier alpha value is -0.460. The minimum Gasteiger partial charge on any atom is -0.512 e. The van der Waals surface area contributed by atoms with Gasteiger partial charge in [0, 0.05) is 5.92 Å². The zero-order chi connectivity index (χ0) is 5.28. The zero-order valence-electron chi connectivity index (χ0n) is 4.52. The maximum atomic E-state index is 8.86. The molecule has 1 heteroatoms. The van der Waals surface area contributed by atoms with Crippen molar-refractivity contribution in [1.82, 2.24) is 0 Å². The van der Waals surface area contributed by atoms with Gasteiger partial charge in [0.15, 0.2) is 0 Å². The van der Waals surface area contributed by atoms with E-state index in [-0.39, 0.29) is 0 Å². The molecule has 1 atom stereocenters. The van der Waals surface area contributed by atoms with E-state index in [0.29, 0.717) is 11.7 Å². The van der Waals surface area contributed by atoms with Gasteiger partial charge in [0.25, 0.3) is 0 Å². The van der Waals surface area contributed by atoms with Crippen LogP contribution in [0.15, 0.2) is 11.8 Å². The molecule has 40 valence electrons. The smallest absolute Gasteiger partial charge is 0.0911 e. The molecule has 1 aliphatic carbocycles. The van der Waals surface area contributed by atoms with Crippen molar-refractivity contribution in [1.29, 1.82) is 0 Å². The predicted molar refractivity (Wildman–Crippen MR) is 29.1 cm³/mol. The van der Waals surface area contributed by atoms with E-state index in [1.807, 2.05) is 13.0 Å². The van der Waals surface area contributed by atoms with E-state index in [2.05, 4.69) is 0 Å². The van der Waals surface area contributed by atoms with Crippen LogP contribution < -0.4 is 0 Å². The van der Waals surface area contributed by atoms with Crippen LogP contribution in [0, 0.1) is 5.92 Å². The Morgan fingerprint density at radius 2 is 2.57 bits per heavy atom. The van der Waals surface area contributed by atoms with Gasteiger partial charge < -0.3 is 5.11 Å². The van der Waals surface area contributed by atoms with E-state index < -0.39 is 0 Å². The maximum Gasteiger partial charge on any atom is 0.0911 e. The molecule has 1 N–H and O–H groups in total. The topological polar surface area (TPSA) is 20.2 Å². The third-order valence-electron chi connectivity index (χ3n) is 1.46. The molecular weight excluding hydrogens is 88.1 g/mol. The molecule has 0 aliphatic heterocycles. The Bertz CT molecular complexity index is 94.4. The lowest BCUT2D eigenvalue weighted by Crippen LogP contribution is -1.88. The average molecular weight is 98.1 g/mol. The molecule has 1 rings (SSSR count). The summed E-state index contributed by atoms with van der Waals surface area (Å²) in [7, 11) is 0. The second-order valence-electron chi connectivity index (χ2n) is 2.11. The average Bonchev–Trinajstić information content (AvgIpc) is 1.91. The maximum absolute atomic E-state index is 8.86. The largest absolute Gasteiger partial charge is 0.512 e. The molecule has 0 saturated carbocycles. The van der Waals surface area contributed by atoms with Gasteiger partial charge in [0.05, 0.1) is 5.76 Å². The molecule has 0 heterocycles. The van der Waals surface area contributed by atoms with E-state index in [9.17, 15) is 0 Å². The quantitative estimate of drug-likeness (QED) is 0.490. The highest BCUT2D eigenvalue weighted by molar-refractivity contribution is 5.01. The summed E-state index contributed by atoms with van der Waals surface area (Å²) in [5.41, 5.74) is 0. The first-order chi connectivity index (χ1) is 3.30. The SMILES string of the molecule is CC1CCC=C1O. The van der Waals surface area contributed by atoms with Crippen molar-refractivity contribution in [2.75, 3.05) is 0 Å². The minimum atomic E-state index is 0.431. The Labute approximate surface area is 43.7 Å². The summed E-state index contributed by atoms with van der Waals surface area (Å²) in [4.78, 5) is 0. The molecule has 0 fully saturated rings. The number of aliphatic hydroxyl groups is 1. The fraction of sp³-hybridized carbons (Fsp3) is 0.667. The van der Waals surface area contributed by atoms with Crippen LogP contribution in [0.5, 0.6) is 0 Å². The molecule has 1 aliphatic rings. The van der Waals surface area contributed by atoms with Gasteiger partial charge in [-0.3, -0.25) is 0 Å². The number of allylic oxidation sites excluding steroid dienone is 2. The van der Waals surface area contributed by atoms with Gasteiger partial charge in [0.2, 0.25) is 0 Å². The summed E-state index contributed by atoms with van der Waals surface area (Å²) in [6.07, 6.45) is 4.09. The summed E-state index contributed by atoms with van der Waals surface area (Å²) in [5, 5.41) is 8.86. The molecule has 0 aromatic heterocycles. The van der Waals surface area contributed by atoms with Crippen LogP contribution in [0.2, 0.25) is 0 Å². The van der Waals surface area contributed by atoms with E-state index in [1.54, 1.807) is 0 Å². The highest BCUT2D eigenvalue weighted by atomic mass is 16.3. The Kier molecular flexibility index (Phi) is 1.05. The number of rotatable bonds is 0. The first kappa shape index (κ1) is 4.69. The molecule has 0 radical (unpaired) electrons. The minimum absolute atomic E-state index is 0.431.